The van der Waals surface area contributed by atoms with Gasteiger partial charge in [-0.3, -0.25) is 9.97 Å². The van der Waals surface area contributed by atoms with Crippen molar-refractivity contribution in [2.45, 2.75) is 32.3 Å². The van der Waals surface area contributed by atoms with Crippen LogP contribution < -0.4 is 14.5 Å². The number of aliphatic hydroxyl groups excluding tert-OH is 1. The molecule has 1 unspecified atom stereocenters. The lowest BCUT2D eigenvalue weighted by atomic mass is 10.0. The highest BCUT2D eigenvalue weighted by Crippen LogP contribution is 2.52. The average molecular weight is 450 g/mol. The molecule has 0 radical (unpaired) electrons. The fraction of sp³-hybridized carbons (Fsp3) is 0.440. The van der Waals surface area contributed by atoms with E-state index in [-0.39, 0.29) is 0 Å². The van der Waals surface area contributed by atoms with Crippen molar-refractivity contribution < 1.29 is 14.6 Å². The highest BCUT2D eigenvalue weighted by molar-refractivity contribution is 6.07. The Bertz CT molecular complexity index is 1180. The molecule has 4 heterocycles. The number of likely N-dealkylation sites (N-methyl/N-ethyl adjacent to an activating group) is 1. The van der Waals surface area contributed by atoms with Gasteiger partial charge in [0.25, 0.3) is 0 Å². The summed E-state index contributed by atoms with van der Waals surface area (Å²) in [6.45, 7) is 6.64. The summed E-state index contributed by atoms with van der Waals surface area (Å²) in [5.74, 6) is 0.784. The Morgan fingerprint density at radius 1 is 1.18 bits per heavy atom. The summed E-state index contributed by atoms with van der Waals surface area (Å²) in [4.78, 5) is 15.3. The van der Waals surface area contributed by atoms with Gasteiger partial charge in [0.2, 0.25) is 6.35 Å². The molecule has 174 valence electrons. The van der Waals surface area contributed by atoms with Crippen LogP contribution in [0.5, 0.6) is 5.75 Å². The van der Waals surface area contributed by atoms with Crippen LogP contribution in [0.4, 0.5) is 11.4 Å². The van der Waals surface area contributed by atoms with E-state index < -0.39 is 11.9 Å². The maximum absolute atomic E-state index is 11.0. The first-order valence-corrected chi connectivity index (χ1v) is 11.2. The first-order chi connectivity index (χ1) is 15.8. The minimum absolute atomic E-state index is 0.407. The van der Waals surface area contributed by atoms with E-state index in [0.717, 1.165) is 51.4 Å². The Morgan fingerprint density at radius 2 is 2.00 bits per heavy atom. The van der Waals surface area contributed by atoms with E-state index in [1.165, 1.54) is 0 Å². The fourth-order valence-electron chi connectivity index (χ4n) is 4.55. The maximum Gasteiger partial charge on any atom is 0.208 e. The van der Waals surface area contributed by atoms with Crippen molar-refractivity contribution in [3.63, 3.8) is 0 Å². The second-order valence-electron chi connectivity index (χ2n) is 9.65. The average Bonchev–Trinajstić information content (AvgIpc) is 2.98. The van der Waals surface area contributed by atoms with Crippen molar-refractivity contribution >= 4 is 22.3 Å². The monoisotopic (exact) mass is 449 g/mol. The molecule has 0 bridgehead atoms. The minimum Gasteiger partial charge on any atom is -0.490 e. The standard InChI is InChI=1S/C25H31N5O3/c1-25(2)15-33-23-18(16-6-7-17(26-12-16)14-32-11-10-28(3)4)8-9-19-21(23)22-20(13-27-19)29(5)24(31)30(22)25/h6-9,12-13,24,31H,10-11,14-15H2,1-5H3. The van der Waals surface area contributed by atoms with E-state index in [1.54, 1.807) is 0 Å². The van der Waals surface area contributed by atoms with Crippen molar-refractivity contribution in [1.29, 1.82) is 0 Å². The van der Waals surface area contributed by atoms with E-state index in [0.29, 0.717) is 19.8 Å². The Labute approximate surface area is 194 Å². The third-order valence-electron chi connectivity index (χ3n) is 6.43. The van der Waals surface area contributed by atoms with Crippen LogP contribution >= 0.6 is 0 Å². The number of rotatable bonds is 6. The maximum atomic E-state index is 11.0. The van der Waals surface area contributed by atoms with Crippen LogP contribution in [0.15, 0.2) is 36.7 Å². The molecule has 1 atom stereocenters. The van der Waals surface area contributed by atoms with Crippen molar-refractivity contribution in [3.8, 4) is 16.9 Å². The van der Waals surface area contributed by atoms with Gasteiger partial charge >= 0.3 is 0 Å². The molecule has 33 heavy (non-hydrogen) atoms. The third kappa shape index (κ3) is 3.68. The van der Waals surface area contributed by atoms with Gasteiger partial charge in [-0.2, -0.15) is 0 Å². The zero-order chi connectivity index (χ0) is 23.3. The molecule has 3 aromatic rings. The molecular weight excluding hydrogens is 418 g/mol. The van der Waals surface area contributed by atoms with Crippen molar-refractivity contribution in [3.05, 3.63) is 42.4 Å². The molecule has 0 saturated carbocycles. The van der Waals surface area contributed by atoms with Gasteiger partial charge in [-0.05, 0) is 46.1 Å². The third-order valence-corrected chi connectivity index (χ3v) is 6.43. The highest BCUT2D eigenvalue weighted by Gasteiger charge is 2.45. The highest BCUT2D eigenvalue weighted by atomic mass is 16.5. The molecule has 8 nitrogen and oxygen atoms in total. The summed E-state index contributed by atoms with van der Waals surface area (Å²) in [7, 11) is 5.95. The van der Waals surface area contributed by atoms with Crippen molar-refractivity contribution in [2.75, 3.05) is 50.7 Å². The van der Waals surface area contributed by atoms with Gasteiger partial charge < -0.3 is 29.3 Å². The summed E-state index contributed by atoms with van der Waals surface area (Å²) in [5, 5.41) is 11.9. The number of pyridine rings is 2. The molecule has 0 aliphatic carbocycles. The molecule has 5 rings (SSSR count). The molecule has 1 N–H and O–H groups in total. The van der Waals surface area contributed by atoms with Gasteiger partial charge in [0.15, 0.2) is 0 Å². The van der Waals surface area contributed by atoms with E-state index >= 15 is 0 Å². The zero-order valence-corrected chi connectivity index (χ0v) is 19.9. The topological polar surface area (TPSA) is 74.2 Å². The molecule has 0 fully saturated rings. The molecule has 2 aliphatic rings. The van der Waals surface area contributed by atoms with E-state index in [2.05, 4.69) is 34.8 Å². The number of hydrogen-bond acceptors (Lipinski definition) is 8. The number of aliphatic hydroxyl groups is 1. The van der Waals surface area contributed by atoms with Crippen molar-refractivity contribution in [1.82, 2.24) is 14.9 Å². The van der Waals surface area contributed by atoms with Crippen LogP contribution in [-0.2, 0) is 11.3 Å². The van der Waals surface area contributed by atoms with Crippen LogP contribution in [0, 0.1) is 0 Å². The van der Waals surface area contributed by atoms with Gasteiger partial charge in [0.1, 0.15) is 12.4 Å². The zero-order valence-electron chi connectivity index (χ0n) is 19.9. The number of hydrogen-bond donors (Lipinski definition) is 1. The number of nitrogens with zero attached hydrogens (tertiary/aromatic N) is 5. The predicted molar refractivity (Wildman–Crippen MR) is 130 cm³/mol. The normalized spacial score (nSPS) is 18.7. The molecule has 1 aromatic carbocycles. The molecule has 0 amide bonds. The van der Waals surface area contributed by atoms with Gasteiger partial charge in [0.05, 0.1) is 52.9 Å². The summed E-state index contributed by atoms with van der Waals surface area (Å²) < 4.78 is 12.2. The molecule has 2 aliphatic heterocycles. The Kier molecular flexibility index (Phi) is 5.39. The smallest absolute Gasteiger partial charge is 0.208 e. The van der Waals surface area contributed by atoms with Crippen LogP contribution in [0.2, 0.25) is 0 Å². The van der Waals surface area contributed by atoms with E-state index in [4.69, 9.17) is 9.47 Å². The van der Waals surface area contributed by atoms with Gasteiger partial charge in [0, 0.05) is 30.9 Å². The number of benzene rings is 1. The van der Waals surface area contributed by atoms with Crippen molar-refractivity contribution in [2.24, 2.45) is 0 Å². The van der Waals surface area contributed by atoms with Crippen LogP contribution in [0.25, 0.3) is 22.0 Å². The number of ether oxygens (including phenoxy) is 2. The lowest BCUT2D eigenvalue weighted by molar-refractivity contribution is 0.103. The Balaban J connectivity index is 1.54. The first-order valence-electron chi connectivity index (χ1n) is 11.2. The summed E-state index contributed by atoms with van der Waals surface area (Å²) in [5.41, 5.74) is 5.13. The molecule has 0 spiro atoms. The summed E-state index contributed by atoms with van der Waals surface area (Å²) in [6, 6.07) is 8.11. The molecular formula is C25H31N5O3. The lowest BCUT2D eigenvalue weighted by Crippen LogP contribution is -2.54. The Hall–Kier alpha value is -2.94. The summed E-state index contributed by atoms with van der Waals surface area (Å²) >= 11 is 0. The molecule has 2 aromatic heterocycles. The predicted octanol–water partition coefficient (Wildman–Crippen LogP) is 3.08. The van der Waals surface area contributed by atoms with Gasteiger partial charge in [-0.25, -0.2) is 0 Å². The first kappa shape index (κ1) is 21.9. The second kappa shape index (κ2) is 8.13. The largest absolute Gasteiger partial charge is 0.490 e. The minimum atomic E-state index is -0.769. The number of aromatic nitrogens is 2. The van der Waals surface area contributed by atoms with Gasteiger partial charge in [-0.1, -0.05) is 6.07 Å². The summed E-state index contributed by atoms with van der Waals surface area (Å²) in [6.07, 6.45) is 2.93. The van der Waals surface area contributed by atoms with Crippen LogP contribution in [-0.4, -0.2) is 72.8 Å². The van der Waals surface area contributed by atoms with Crippen LogP contribution in [0.3, 0.4) is 0 Å². The van der Waals surface area contributed by atoms with Gasteiger partial charge in [-0.15, -0.1) is 0 Å². The van der Waals surface area contributed by atoms with E-state index in [9.17, 15) is 5.11 Å². The SMILES string of the molecule is CN(C)CCOCc1ccc(-c2ccc3ncc4c5c3c2OCC(C)(C)N5C(O)N4C)cn1. The number of anilines is 2. The lowest BCUT2D eigenvalue weighted by Gasteiger charge is -2.38. The fourth-order valence-corrected chi connectivity index (χ4v) is 4.55. The van der Waals surface area contributed by atoms with Crippen LogP contribution in [0.1, 0.15) is 19.5 Å². The second-order valence-corrected chi connectivity index (χ2v) is 9.65. The van der Waals surface area contributed by atoms with E-state index in [1.807, 2.05) is 61.5 Å². The quantitative estimate of drug-likeness (QED) is 0.576. The Morgan fingerprint density at radius 3 is 2.73 bits per heavy atom. The molecule has 8 heteroatoms. The molecule has 0 saturated heterocycles.